The average molecular weight is 306 g/mol. The van der Waals surface area contributed by atoms with E-state index >= 15 is 0 Å². The van der Waals surface area contributed by atoms with Gasteiger partial charge in [-0.25, -0.2) is 8.78 Å². The highest BCUT2D eigenvalue weighted by Crippen LogP contribution is 2.37. The minimum atomic E-state index is -0.829. The van der Waals surface area contributed by atoms with Crippen molar-refractivity contribution >= 4 is 15.9 Å². The van der Waals surface area contributed by atoms with Crippen molar-refractivity contribution in [2.24, 2.45) is 5.41 Å². The van der Waals surface area contributed by atoms with Crippen LogP contribution in [0.4, 0.5) is 8.78 Å². The number of hydrogen-bond acceptors (Lipinski definition) is 1. The highest BCUT2D eigenvalue weighted by atomic mass is 79.9. The summed E-state index contributed by atoms with van der Waals surface area (Å²) in [6, 6.07) is 2.77. The van der Waals surface area contributed by atoms with Gasteiger partial charge in [0.15, 0.2) is 11.6 Å². The van der Waals surface area contributed by atoms with Crippen LogP contribution in [-0.2, 0) is 0 Å². The Morgan fingerprint density at radius 3 is 2.35 bits per heavy atom. The number of benzene rings is 1. The minimum Gasteiger partial charge on any atom is -0.310 e. The Morgan fingerprint density at radius 1 is 1.29 bits per heavy atom. The maximum Gasteiger partial charge on any atom is 0.173 e. The van der Waals surface area contributed by atoms with E-state index in [0.717, 1.165) is 12.1 Å². The molecular formula is C13H18BrF2N. The molecule has 0 aliphatic rings. The summed E-state index contributed by atoms with van der Waals surface area (Å²) in [6.07, 6.45) is 0. The van der Waals surface area contributed by atoms with Crippen LogP contribution in [0.3, 0.4) is 0 Å². The molecule has 1 atom stereocenters. The van der Waals surface area contributed by atoms with Crippen LogP contribution in [0.25, 0.3) is 0 Å². The molecule has 96 valence electrons. The summed E-state index contributed by atoms with van der Waals surface area (Å²) in [6.45, 7) is 8.95. The minimum absolute atomic E-state index is 0.0306. The van der Waals surface area contributed by atoms with Crippen molar-refractivity contribution in [3.05, 3.63) is 33.8 Å². The van der Waals surface area contributed by atoms with Gasteiger partial charge >= 0.3 is 0 Å². The summed E-state index contributed by atoms with van der Waals surface area (Å²) in [5.41, 5.74) is 0.668. The van der Waals surface area contributed by atoms with Gasteiger partial charge < -0.3 is 5.32 Å². The topological polar surface area (TPSA) is 12.0 Å². The van der Waals surface area contributed by atoms with Crippen molar-refractivity contribution < 1.29 is 8.78 Å². The van der Waals surface area contributed by atoms with Crippen molar-refractivity contribution in [3.63, 3.8) is 0 Å². The van der Waals surface area contributed by atoms with Crippen LogP contribution in [0.2, 0.25) is 0 Å². The summed E-state index contributed by atoms with van der Waals surface area (Å²) in [7, 11) is 0. The van der Waals surface area contributed by atoms with E-state index in [1.165, 1.54) is 6.07 Å². The second kappa shape index (κ2) is 5.44. The second-order valence-electron chi connectivity index (χ2n) is 5.12. The molecule has 0 aliphatic heterocycles. The third kappa shape index (κ3) is 3.26. The molecule has 0 amide bonds. The summed E-state index contributed by atoms with van der Waals surface area (Å²) >= 11 is 3.14. The van der Waals surface area contributed by atoms with Gasteiger partial charge in [-0.15, -0.1) is 0 Å². The molecule has 0 aromatic heterocycles. The van der Waals surface area contributed by atoms with Gasteiger partial charge in [-0.3, -0.25) is 0 Å². The van der Waals surface area contributed by atoms with Gasteiger partial charge in [0.25, 0.3) is 0 Å². The third-order valence-corrected chi connectivity index (χ3v) is 3.46. The molecule has 0 saturated carbocycles. The van der Waals surface area contributed by atoms with Gasteiger partial charge in [-0.05, 0) is 39.5 Å². The van der Waals surface area contributed by atoms with Crippen molar-refractivity contribution in [1.29, 1.82) is 0 Å². The smallest absolute Gasteiger partial charge is 0.173 e. The average Bonchev–Trinajstić information content (AvgIpc) is 2.22. The van der Waals surface area contributed by atoms with E-state index in [0.29, 0.717) is 0 Å². The van der Waals surface area contributed by atoms with Crippen molar-refractivity contribution in [3.8, 4) is 0 Å². The number of nitrogens with one attached hydrogen (secondary N) is 1. The predicted molar refractivity (Wildman–Crippen MR) is 69.9 cm³/mol. The van der Waals surface area contributed by atoms with E-state index < -0.39 is 11.6 Å². The van der Waals surface area contributed by atoms with Crippen LogP contribution in [0, 0.1) is 17.0 Å². The monoisotopic (exact) mass is 305 g/mol. The van der Waals surface area contributed by atoms with Crippen LogP contribution in [-0.4, -0.2) is 6.54 Å². The number of hydrogen-bond donors (Lipinski definition) is 1. The zero-order chi connectivity index (χ0) is 13.2. The van der Waals surface area contributed by atoms with Gasteiger partial charge in [0.05, 0.1) is 4.47 Å². The van der Waals surface area contributed by atoms with Gasteiger partial charge in [-0.2, -0.15) is 0 Å². The van der Waals surface area contributed by atoms with Gasteiger partial charge in [0.2, 0.25) is 0 Å². The normalized spacial score (nSPS) is 13.8. The first-order valence-electron chi connectivity index (χ1n) is 5.65. The molecule has 0 aliphatic carbocycles. The molecule has 4 heteroatoms. The molecule has 0 saturated heterocycles. The van der Waals surface area contributed by atoms with Crippen LogP contribution >= 0.6 is 15.9 Å². The predicted octanol–water partition coefficient (Wildman–Crippen LogP) is 4.42. The first kappa shape index (κ1) is 14.6. The zero-order valence-corrected chi connectivity index (χ0v) is 12.2. The molecular weight excluding hydrogens is 288 g/mol. The summed E-state index contributed by atoms with van der Waals surface area (Å²) < 4.78 is 26.8. The number of rotatable bonds is 3. The summed E-state index contributed by atoms with van der Waals surface area (Å²) in [4.78, 5) is 0. The van der Waals surface area contributed by atoms with E-state index in [1.54, 1.807) is 6.07 Å². The quantitative estimate of drug-likeness (QED) is 0.815. The van der Waals surface area contributed by atoms with Crippen LogP contribution < -0.4 is 5.32 Å². The van der Waals surface area contributed by atoms with E-state index in [1.807, 2.05) is 6.92 Å². The maximum absolute atomic E-state index is 13.5. The summed E-state index contributed by atoms with van der Waals surface area (Å²) in [5.74, 6) is -1.65. The van der Waals surface area contributed by atoms with E-state index in [9.17, 15) is 8.78 Å². The van der Waals surface area contributed by atoms with Crippen LogP contribution in [0.1, 0.15) is 39.3 Å². The van der Waals surface area contributed by atoms with Crippen LogP contribution in [0.5, 0.6) is 0 Å². The lowest BCUT2D eigenvalue weighted by molar-refractivity contribution is 0.274. The molecule has 17 heavy (non-hydrogen) atoms. The SMILES string of the molecule is CCNC(c1ccc(F)c(F)c1Br)C(C)(C)C. The molecule has 1 unspecified atom stereocenters. The van der Waals surface area contributed by atoms with Gasteiger partial charge in [0.1, 0.15) is 0 Å². The van der Waals surface area contributed by atoms with Crippen molar-refractivity contribution in [1.82, 2.24) is 5.32 Å². The fraction of sp³-hybridized carbons (Fsp3) is 0.538. The maximum atomic E-state index is 13.5. The van der Waals surface area contributed by atoms with E-state index in [-0.39, 0.29) is 15.9 Å². The fourth-order valence-corrected chi connectivity index (χ4v) is 2.40. The highest BCUT2D eigenvalue weighted by molar-refractivity contribution is 9.10. The van der Waals surface area contributed by atoms with Crippen molar-refractivity contribution in [2.75, 3.05) is 6.54 Å². The highest BCUT2D eigenvalue weighted by Gasteiger charge is 2.28. The fourth-order valence-electron chi connectivity index (χ4n) is 1.85. The van der Waals surface area contributed by atoms with E-state index in [4.69, 9.17) is 0 Å². The molecule has 0 radical (unpaired) electrons. The molecule has 0 heterocycles. The molecule has 1 N–H and O–H groups in total. The molecule has 0 spiro atoms. The van der Waals surface area contributed by atoms with Gasteiger partial charge in [-0.1, -0.05) is 33.8 Å². The summed E-state index contributed by atoms with van der Waals surface area (Å²) in [5, 5.41) is 3.31. The van der Waals surface area contributed by atoms with E-state index in [2.05, 4.69) is 42.0 Å². The third-order valence-electron chi connectivity index (χ3n) is 2.65. The Morgan fingerprint density at radius 2 is 1.88 bits per heavy atom. The standard InChI is InChI=1S/C13H18BrF2N/c1-5-17-12(13(2,3)4)8-6-7-9(15)11(16)10(8)14/h6-7,12,17H,5H2,1-4H3. The Balaban J connectivity index is 3.25. The zero-order valence-electron chi connectivity index (χ0n) is 10.6. The van der Waals surface area contributed by atoms with Crippen molar-refractivity contribution in [2.45, 2.75) is 33.7 Å². The lowest BCUT2D eigenvalue weighted by atomic mass is 9.82. The Kier molecular flexibility index (Phi) is 4.67. The van der Waals surface area contributed by atoms with Gasteiger partial charge in [0, 0.05) is 6.04 Å². The first-order chi connectivity index (χ1) is 7.79. The molecule has 1 rings (SSSR count). The van der Waals surface area contributed by atoms with Crippen LogP contribution in [0.15, 0.2) is 16.6 Å². The Labute approximate surface area is 110 Å². The lowest BCUT2D eigenvalue weighted by Gasteiger charge is -2.32. The molecule has 0 bridgehead atoms. The molecule has 1 aromatic rings. The molecule has 1 nitrogen and oxygen atoms in total. The largest absolute Gasteiger partial charge is 0.310 e. The lowest BCUT2D eigenvalue weighted by Crippen LogP contribution is -2.32. The molecule has 1 aromatic carbocycles. The Bertz CT molecular complexity index is 399. The number of halogens is 3. The first-order valence-corrected chi connectivity index (χ1v) is 6.45. The second-order valence-corrected chi connectivity index (χ2v) is 5.91. The molecule has 0 fully saturated rings. The Hall–Kier alpha value is -0.480.